The molecule has 0 bridgehead atoms. The molecule has 2 aromatic rings. The first-order chi connectivity index (χ1) is 12.5. The summed E-state index contributed by atoms with van der Waals surface area (Å²) < 4.78 is 16.2. The van der Waals surface area contributed by atoms with E-state index >= 15 is 0 Å². The SMILES string of the molecule is CC(C)(Oc1ccc(Cl)cc1)C(=O)OC(=O)C(C)(C)Oc1ccc(Cl)cc1. The van der Waals surface area contributed by atoms with Crippen molar-refractivity contribution in [3.63, 3.8) is 0 Å². The minimum Gasteiger partial charge on any atom is -0.476 e. The van der Waals surface area contributed by atoms with Crippen molar-refractivity contribution in [3.05, 3.63) is 58.6 Å². The highest BCUT2D eigenvalue weighted by Gasteiger charge is 2.39. The Morgan fingerprint density at radius 3 is 1.26 bits per heavy atom. The lowest BCUT2D eigenvalue weighted by molar-refractivity contribution is -0.178. The summed E-state index contributed by atoms with van der Waals surface area (Å²) in [5.74, 6) is -0.832. The third-order valence-corrected chi connectivity index (χ3v) is 4.05. The molecule has 0 heterocycles. The van der Waals surface area contributed by atoms with Crippen LogP contribution in [-0.4, -0.2) is 23.1 Å². The average Bonchev–Trinajstić information content (AvgIpc) is 2.58. The third kappa shape index (κ3) is 5.88. The quantitative estimate of drug-likeness (QED) is 0.490. The van der Waals surface area contributed by atoms with Gasteiger partial charge >= 0.3 is 11.9 Å². The van der Waals surface area contributed by atoms with Crippen LogP contribution in [0.1, 0.15) is 27.7 Å². The number of rotatable bonds is 6. The Balaban J connectivity index is 2.02. The predicted molar refractivity (Wildman–Crippen MR) is 103 cm³/mol. The highest BCUT2D eigenvalue weighted by atomic mass is 35.5. The van der Waals surface area contributed by atoms with Crippen LogP contribution in [0.5, 0.6) is 11.5 Å². The molecule has 5 nitrogen and oxygen atoms in total. The summed E-state index contributed by atoms with van der Waals surface area (Å²) in [5.41, 5.74) is -2.78. The summed E-state index contributed by atoms with van der Waals surface area (Å²) in [5, 5.41) is 1.08. The minimum atomic E-state index is -1.39. The molecule has 0 amide bonds. The molecule has 0 aromatic heterocycles. The molecule has 0 fully saturated rings. The summed E-state index contributed by atoms with van der Waals surface area (Å²) in [6.07, 6.45) is 0. The van der Waals surface area contributed by atoms with E-state index < -0.39 is 23.1 Å². The zero-order valence-corrected chi connectivity index (χ0v) is 16.9. The van der Waals surface area contributed by atoms with Gasteiger partial charge in [0.15, 0.2) is 0 Å². The highest BCUT2D eigenvalue weighted by Crippen LogP contribution is 2.24. The van der Waals surface area contributed by atoms with Crippen molar-refractivity contribution in [1.82, 2.24) is 0 Å². The Bertz CT molecular complexity index is 742. The zero-order valence-electron chi connectivity index (χ0n) is 15.4. The first-order valence-electron chi connectivity index (χ1n) is 8.15. The van der Waals surface area contributed by atoms with Crippen LogP contribution in [-0.2, 0) is 14.3 Å². The van der Waals surface area contributed by atoms with E-state index in [9.17, 15) is 9.59 Å². The second-order valence-corrected chi connectivity index (χ2v) is 7.68. The number of carbonyl (C=O) groups is 2. The van der Waals surface area contributed by atoms with Gasteiger partial charge in [0.05, 0.1) is 0 Å². The van der Waals surface area contributed by atoms with E-state index in [1.165, 1.54) is 27.7 Å². The second kappa shape index (κ2) is 8.19. The van der Waals surface area contributed by atoms with Crippen LogP contribution in [0.4, 0.5) is 0 Å². The summed E-state index contributed by atoms with van der Waals surface area (Å²) >= 11 is 11.7. The molecule has 0 saturated carbocycles. The molecule has 0 saturated heterocycles. The molecule has 0 aliphatic carbocycles. The molecule has 0 unspecified atom stereocenters. The van der Waals surface area contributed by atoms with Gasteiger partial charge in [-0.2, -0.15) is 0 Å². The third-order valence-electron chi connectivity index (χ3n) is 3.54. The molecule has 0 spiro atoms. The van der Waals surface area contributed by atoms with Gasteiger partial charge in [0.1, 0.15) is 11.5 Å². The minimum absolute atomic E-state index is 0.422. The van der Waals surface area contributed by atoms with Gasteiger partial charge in [-0.15, -0.1) is 0 Å². The number of hydrogen-bond acceptors (Lipinski definition) is 5. The number of benzene rings is 2. The molecule has 0 aliphatic heterocycles. The van der Waals surface area contributed by atoms with E-state index in [1.807, 2.05) is 0 Å². The van der Waals surface area contributed by atoms with Crippen molar-refractivity contribution in [3.8, 4) is 11.5 Å². The van der Waals surface area contributed by atoms with E-state index in [1.54, 1.807) is 48.5 Å². The van der Waals surface area contributed by atoms with Crippen LogP contribution in [0.3, 0.4) is 0 Å². The van der Waals surface area contributed by atoms with Gasteiger partial charge in [0.2, 0.25) is 11.2 Å². The zero-order chi connectivity index (χ0) is 20.2. The van der Waals surface area contributed by atoms with Gasteiger partial charge in [-0.05, 0) is 76.2 Å². The molecular weight excluding hydrogens is 391 g/mol. The summed E-state index contributed by atoms with van der Waals surface area (Å²) in [4.78, 5) is 24.8. The van der Waals surface area contributed by atoms with Crippen LogP contribution in [0, 0.1) is 0 Å². The summed E-state index contributed by atoms with van der Waals surface area (Å²) in [6.45, 7) is 6.02. The van der Waals surface area contributed by atoms with Gasteiger partial charge in [-0.25, -0.2) is 9.59 Å². The molecule has 0 atom stereocenters. The molecule has 2 aromatic carbocycles. The Kier molecular flexibility index (Phi) is 6.39. The largest absolute Gasteiger partial charge is 0.476 e. The Labute approximate surface area is 168 Å². The van der Waals surface area contributed by atoms with Crippen molar-refractivity contribution in [2.45, 2.75) is 38.9 Å². The first kappa shape index (κ1) is 21.1. The lowest BCUT2D eigenvalue weighted by Gasteiger charge is -2.27. The van der Waals surface area contributed by atoms with Gasteiger partial charge in [-0.3, -0.25) is 0 Å². The maximum Gasteiger partial charge on any atom is 0.357 e. The summed E-state index contributed by atoms with van der Waals surface area (Å²) in [6, 6.07) is 13.0. The number of carbonyl (C=O) groups excluding carboxylic acids is 2. The molecule has 0 N–H and O–H groups in total. The lowest BCUT2D eigenvalue weighted by atomic mass is 10.1. The van der Waals surface area contributed by atoms with Gasteiger partial charge in [0.25, 0.3) is 0 Å². The topological polar surface area (TPSA) is 61.8 Å². The number of esters is 2. The fourth-order valence-corrected chi connectivity index (χ4v) is 2.26. The molecule has 144 valence electrons. The highest BCUT2D eigenvalue weighted by molar-refractivity contribution is 6.30. The average molecular weight is 411 g/mol. The molecule has 0 radical (unpaired) electrons. The Morgan fingerprint density at radius 1 is 0.667 bits per heavy atom. The van der Waals surface area contributed by atoms with Crippen molar-refractivity contribution < 1.29 is 23.8 Å². The predicted octanol–water partition coefficient (Wildman–Crippen LogP) is 5.08. The van der Waals surface area contributed by atoms with Crippen LogP contribution < -0.4 is 9.47 Å². The lowest BCUT2D eigenvalue weighted by Crippen LogP contribution is -2.46. The van der Waals surface area contributed by atoms with Crippen molar-refractivity contribution in [2.24, 2.45) is 0 Å². The Hall–Kier alpha value is -2.24. The summed E-state index contributed by atoms with van der Waals surface area (Å²) in [7, 11) is 0. The van der Waals surface area contributed by atoms with E-state index in [2.05, 4.69) is 0 Å². The standard InChI is InChI=1S/C20H20Cl2O5/c1-19(2,26-15-9-5-13(21)6-10-15)17(23)25-18(24)20(3,4)27-16-11-7-14(22)8-12-16/h5-12H,1-4H3. The van der Waals surface area contributed by atoms with Crippen LogP contribution in [0.25, 0.3) is 0 Å². The van der Waals surface area contributed by atoms with Crippen LogP contribution >= 0.6 is 23.2 Å². The number of halogens is 2. The fraction of sp³-hybridized carbons (Fsp3) is 0.300. The Morgan fingerprint density at radius 2 is 0.963 bits per heavy atom. The van der Waals surface area contributed by atoms with E-state index in [0.29, 0.717) is 21.5 Å². The van der Waals surface area contributed by atoms with E-state index in [4.69, 9.17) is 37.4 Å². The van der Waals surface area contributed by atoms with Crippen LogP contribution in [0.2, 0.25) is 10.0 Å². The monoisotopic (exact) mass is 410 g/mol. The van der Waals surface area contributed by atoms with Crippen LogP contribution in [0.15, 0.2) is 48.5 Å². The first-order valence-corrected chi connectivity index (χ1v) is 8.91. The van der Waals surface area contributed by atoms with E-state index in [-0.39, 0.29) is 0 Å². The number of hydrogen-bond donors (Lipinski definition) is 0. The molecular formula is C20H20Cl2O5. The second-order valence-electron chi connectivity index (χ2n) is 6.81. The number of ether oxygens (including phenoxy) is 3. The van der Waals surface area contributed by atoms with E-state index in [0.717, 1.165) is 0 Å². The van der Waals surface area contributed by atoms with Crippen molar-refractivity contribution in [1.29, 1.82) is 0 Å². The van der Waals surface area contributed by atoms with Gasteiger partial charge in [-0.1, -0.05) is 23.2 Å². The maximum atomic E-state index is 12.4. The molecule has 7 heteroatoms. The van der Waals surface area contributed by atoms with Gasteiger partial charge in [0, 0.05) is 10.0 Å². The molecule has 0 aliphatic rings. The van der Waals surface area contributed by atoms with Gasteiger partial charge < -0.3 is 14.2 Å². The van der Waals surface area contributed by atoms with Crippen molar-refractivity contribution in [2.75, 3.05) is 0 Å². The fourth-order valence-electron chi connectivity index (χ4n) is 2.01. The van der Waals surface area contributed by atoms with Crippen molar-refractivity contribution >= 4 is 35.1 Å². The molecule has 2 rings (SSSR count). The smallest absolute Gasteiger partial charge is 0.357 e. The normalized spacial score (nSPS) is 11.6. The molecule has 27 heavy (non-hydrogen) atoms. The maximum absolute atomic E-state index is 12.4.